The van der Waals surface area contributed by atoms with Gasteiger partial charge in [-0.05, 0) is 48.4 Å². The molecule has 2 rings (SSSR count). The lowest BCUT2D eigenvalue weighted by Crippen LogP contribution is -2.27. The number of amides is 1. The van der Waals surface area contributed by atoms with Crippen molar-refractivity contribution in [2.45, 2.75) is 11.3 Å². The maximum Gasteiger partial charge on any atom is 0.230 e. The van der Waals surface area contributed by atoms with Crippen LogP contribution in [0.15, 0.2) is 47.4 Å². The molecule has 134 valence electrons. The Balaban J connectivity index is 1.74. The number of nitrogens with one attached hydrogen (secondary N) is 1. The zero-order valence-corrected chi connectivity index (χ0v) is 15.5. The fourth-order valence-electron chi connectivity index (χ4n) is 2.25. The molecule has 1 amide bonds. The van der Waals surface area contributed by atoms with Crippen molar-refractivity contribution in [1.29, 1.82) is 0 Å². The van der Waals surface area contributed by atoms with Gasteiger partial charge in [-0.3, -0.25) is 4.79 Å². The van der Waals surface area contributed by atoms with Gasteiger partial charge < -0.3 is 19.5 Å². The summed E-state index contributed by atoms with van der Waals surface area (Å²) in [6, 6.07) is 13.4. The lowest BCUT2D eigenvalue weighted by atomic mass is 10.1. The summed E-state index contributed by atoms with van der Waals surface area (Å²) >= 11 is 1.50. The van der Waals surface area contributed by atoms with Gasteiger partial charge >= 0.3 is 0 Å². The van der Waals surface area contributed by atoms with E-state index in [0.29, 0.717) is 23.8 Å². The minimum Gasteiger partial charge on any atom is -0.497 e. The normalized spacial score (nSPS) is 10.2. The summed E-state index contributed by atoms with van der Waals surface area (Å²) in [4.78, 5) is 13.0. The smallest absolute Gasteiger partial charge is 0.230 e. The molecule has 2 aromatic rings. The number of hydrogen-bond donors (Lipinski definition) is 1. The molecule has 0 radical (unpaired) electrons. The van der Waals surface area contributed by atoms with E-state index in [0.717, 1.165) is 22.6 Å². The van der Waals surface area contributed by atoms with Crippen LogP contribution in [0.3, 0.4) is 0 Å². The topological polar surface area (TPSA) is 56.8 Å². The van der Waals surface area contributed by atoms with Gasteiger partial charge in [-0.2, -0.15) is 0 Å². The first kappa shape index (κ1) is 19.0. The number of methoxy groups -OCH3 is 3. The molecule has 0 unspecified atom stereocenters. The van der Waals surface area contributed by atoms with Gasteiger partial charge in [0.2, 0.25) is 5.91 Å². The van der Waals surface area contributed by atoms with Crippen LogP contribution in [0.25, 0.3) is 0 Å². The Bertz CT molecular complexity index is 688. The molecule has 0 aliphatic carbocycles. The zero-order valence-electron chi connectivity index (χ0n) is 14.7. The van der Waals surface area contributed by atoms with Crippen molar-refractivity contribution in [1.82, 2.24) is 5.32 Å². The van der Waals surface area contributed by atoms with E-state index in [4.69, 9.17) is 14.2 Å². The minimum absolute atomic E-state index is 0.0151. The number of benzene rings is 2. The van der Waals surface area contributed by atoms with Crippen LogP contribution in [-0.2, 0) is 11.2 Å². The van der Waals surface area contributed by atoms with Gasteiger partial charge in [0.15, 0.2) is 11.5 Å². The molecule has 6 heteroatoms. The summed E-state index contributed by atoms with van der Waals surface area (Å²) in [6.07, 6.45) is 0.735. The lowest BCUT2D eigenvalue weighted by molar-refractivity contribution is -0.118. The van der Waals surface area contributed by atoms with E-state index in [2.05, 4.69) is 5.32 Å². The SMILES string of the molecule is COc1ccc(SCC(=O)NCCc2ccc(OC)c(OC)c2)cc1. The molecular weight excluding hydrogens is 338 g/mol. The van der Waals surface area contributed by atoms with Crippen molar-refractivity contribution in [2.24, 2.45) is 0 Å². The van der Waals surface area contributed by atoms with Crippen LogP contribution in [0.5, 0.6) is 17.2 Å². The Labute approximate surface area is 152 Å². The molecule has 0 atom stereocenters. The van der Waals surface area contributed by atoms with E-state index in [1.54, 1.807) is 21.3 Å². The summed E-state index contributed by atoms with van der Waals surface area (Å²) in [5, 5.41) is 2.93. The highest BCUT2D eigenvalue weighted by Gasteiger charge is 2.06. The second kappa shape index (κ2) is 9.84. The fourth-order valence-corrected chi connectivity index (χ4v) is 2.98. The van der Waals surface area contributed by atoms with Crippen LogP contribution in [-0.4, -0.2) is 39.5 Å². The molecule has 25 heavy (non-hydrogen) atoms. The summed E-state index contributed by atoms with van der Waals surface area (Å²) in [5.74, 6) is 2.61. The monoisotopic (exact) mass is 361 g/mol. The molecule has 1 N–H and O–H groups in total. The standard InChI is InChI=1S/C19H23NO4S/c1-22-15-5-7-16(8-6-15)25-13-19(21)20-11-10-14-4-9-17(23-2)18(12-14)24-3/h4-9,12H,10-11,13H2,1-3H3,(H,20,21). The first-order valence-electron chi connectivity index (χ1n) is 7.90. The summed E-state index contributed by atoms with van der Waals surface area (Å²) in [7, 11) is 4.85. The largest absolute Gasteiger partial charge is 0.497 e. The van der Waals surface area contributed by atoms with Crippen molar-refractivity contribution >= 4 is 17.7 Å². The van der Waals surface area contributed by atoms with Crippen LogP contribution in [0, 0.1) is 0 Å². The van der Waals surface area contributed by atoms with Crippen molar-refractivity contribution in [2.75, 3.05) is 33.6 Å². The van der Waals surface area contributed by atoms with Crippen LogP contribution in [0.2, 0.25) is 0 Å². The lowest BCUT2D eigenvalue weighted by Gasteiger charge is -2.10. The highest BCUT2D eigenvalue weighted by atomic mass is 32.2. The third-order valence-electron chi connectivity index (χ3n) is 3.61. The number of carbonyl (C=O) groups is 1. The minimum atomic E-state index is 0.0151. The quantitative estimate of drug-likeness (QED) is 0.695. The first-order valence-corrected chi connectivity index (χ1v) is 8.89. The maximum atomic E-state index is 12.0. The van der Waals surface area contributed by atoms with Crippen LogP contribution in [0.4, 0.5) is 0 Å². The van der Waals surface area contributed by atoms with E-state index >= 15 is 0 Å². The van der Waals surface area contributed by atoms with Crippen molar-refractivity contribution in [3.63, 3.8) is 0 Å². The molecule has 0 aromatic heterocycles. The van der Waals surface area contributed by atoms with E-state index in [-0.39, 0.29) is 5.91 Å². The second-order valence-corrected chi connectivity index (χ2v) is 6.30. The maximum absolute atomic E-state index is 12.0. The summed E-state index contributed by atoms with van der Waals surface area (Å²) < 4.78 is 15.6. The van der Waals surface area contributed by atoms with Crippen LogP contribution < -0.4 is 19.5 Å². The van der Waals surface area contributed by atoms with Gasteiger partial charge in [0.05, 0.1) is 27.1 Å². The summed E-state index contributed by atoms with van der Waals surface area (Å²) in [5.41, 5.74) is 1.08. The Morgan fingerprint density at radius 1 is 0.960 bits per heavy atom. The van der Waals surface area contributed by atoms with Crippen molar-refractivity contribution < 1.29 is 19.0 Å². The first-order chi connectivity index (χ1) is 12.2. The zero-order chi connectivity index (χ0) is 18.1. The predicted octanol–water partition coefficient (Wildman–Crippen LogP) is 3.16. The average molecular weight is 361 g/mol. The Kier molecular flexibility index (Phi) is 7.47. The molecule has 0 spiro atoms. The number of ether oxygens (including phenoxy) is 3. The molecule has 5 nitrogen and oxygen atoms in total. The molecule has 0 bridgehead atoms. The third kappa shape index (κ3) is 5.90. The molecule has 0 saturated carbocycles. The molecule has 0 saturated heterocycles. The van der Waals surface area contributed by atoms with Gasteiger partial charge in [-0.1, -0.05) is 6.07 Å². The van der Waals surface area contributed by atoms with Crippen molar-refractivity contribution in [3.05, 3.63) is 48.0 Å². The number of hydrogen-bond acceptors (Lipinski definition) is 5. The highest BCUT2D eigenvalue weighted by molar-refractivity contribution is 8.00. The van der Waals surface area contributed by atoms with Crippen LogP contribution >= 0.6 is 11.8 Å². The van der Waals surface area contributed by atoms with Gasteiger partial charge in [0, 0.05) is 11.4 Å². The fraction of sp³-hybridized carbons (Fsp3) is 0.316. The number of rotatable bonds is 9. The average Bonchev–Trinajstić information content (AvgIpc) is 2.66. The molecule has 2 aromatic carbocycles. The Hall–Kier alpha value is -2.34. The van der Waals surface area contributed by atoms with E-state index in [1.807, 2.05) is 42.5 Å². The third-order valence-corrected chi connectivity index (χ3v) is 4.63. The van der Waals surface area contributed by atoms with Gasteiger partial charge in [-0.15, -0.1) is 11.8 Å². The van der Waals surface area contributed by atoms with E-state index in [9.17, 15) is 4.79 Å². The molecule has 0 aliphatic rings. The predicted molar refractivity (Wildman–Crippen MR) is 100.0 cm³/mol. The molecular formula is C19H23NO4S. The van der Waals surface area contributed by atoms with Gasteiger partial charge in [-0.25, -0.2) is 0 Å². The van der Waals surface area contributed by atoms with E-state index < -0.39 is 0 Å². The van der Waals surface area contributed by atoms with Crippen molar-refractivity contribution in [3.8, 4) is 17.2 Å². The summed E-state index contributed by atoms with van der Waals surface area (Å²) in [6.45, 7) is 0.581. The van der Waals surface area contributed by atoms with Gasteiger partial charge in [0.25, 0.3) is 0 Å². The molecule has 0 heterocycles. The molecule has 0 fully saturated rings. The Morgan fingerprint density at radius 2 is 1.68 bits per heavy atom. The van der Waals surface area contributed by atoms with Crippen LogP contribution in [0.1, 0.15) is 5.56 Å². The number of thioether (sulfide) groups is 1. The molecule has 0 aliphatic heterocycles. The van der Waals surface area contributed by atoms with Gasteiger partial charge in [0.1, 0.15) is 5.75 Å². The highest BCUT2D eigenvalue weighted by Crippen LogP contribution is 2.27. The van der Waals surface area contributed by atoms with E-state index in [1.165, 1.54) is 11.8 Å². The Morgan fingerprint density at radius 3 is 2.32 bits per heavy atom. The number of carbonyl (C=O) groups excluding carboxylic acids is 1. The second-order valence-electron chi connectivity index (χ2n) is 5.25.